The van der Waals surface area contributed by atoms with Crippen molar-refractivity contribution < 1.29 is 22.4 Å². The quantitative estimate of drug-likeness (QED) is 0.547. The lowest BCUT2D eigenvalue weighted by atomic mass is 10.1. The first-order valence-electron chi connectivity index (χ1n) is 3.68. The van der Waals surface area contributed by atoms with Crippen LogP contribution in [0.25, 0.3) is 0 Å². The number of aryl methyl sites for hydroxylation is 1. The van der Waals surface area contributed by atoms with Crippen molar-refractivity contribution in [2.75, 3.05) is 0 Å². The Kier molecular flexibility index (Phi) is 2.51. The van der Waals surface area contributed by atoms with Crippen LogP contribution >= 0.6 is 0 Å². The third kappa shape index (κ3) is 2.04. The lowest BCUT2D eigenvalue weighted by Gasteiger charge is -2.06. The molecule has 0 atom stereocenters. The largest absolute Gasteiger partial charge is 0.469 e. The summed E-state index contributed by atoms with van der Waals surface area (Å²) in [6.07, 6.45) is -3.71. The van der Waals surface area contributed by atoms with Gasteiger partial charge < -0.3 is 4.42 Å². The van der Waals surface area contributed by atoms with E-state index in [-0.39, 0.29) is 5.56 Å². The molecule has 2 nitrogen and oxygen atoms in total. The highest BCUT2D eigenvalue weighted by Gasteiger charge is 2.37. The lowest BCUT2D eigenvalue weighted by molar-refractivity contribution is -0.0883. The molecule has 0 bridgehead atoms. The molecule has 0 aliphatic rings. The Hall–Kier alpha value is -1.52. The molecule has 0 fully saturated rings. The van der Waals surface area contributed by atoms with Crippen LogP contribution in [-0.4, -0.2) is 12.0 Å². The number of rotatable bonds is 2. The number of alkyl halides is 3. The summed E-state index contributed by atoms with van der Waals surface area (Å²) in [6, 6.07) is 1.24. The van der Waals surface area contributed by atoms with Gasteiger partial charge in [-0.1, -0.05) is 6.58 Å². The molecule has 1 aromatic heterocycles. The summed E-state index contributed by atoms with van der Waals surface area (Å²) in [5, 5.41) is 0. The molecule has 0 saturated heterocycles. The molecular formula is C9H7F3O2. The maximum Gasteiger partial charge on any atom is 0.419 e. The number of Topliss-reactive ketones (excluding diaryl/α,β-unsaturated/α-hetero) is 1. The van der Waals surface area contributed by atoms with Gasteiger partial charge in [-0.15, -0.1) is 0 Å². The predicted molar refractivity (Wildman–Crippen MR) is 43.0 cm³/mol. The fourth-order valence-electron chi connectivity index (χ4n) is 0.865. The molecule has 0 amide bonds. The Labute approximate surface area is 78.0 Å². The third-order valence-corrected chi connectivity index (χ3v) is 1.61. The predicted octanol–water partition coefficient (Wildman–Crippen LogP) is 2.89. The van der Waals surface area contributed by atoms with Gasteiger partial charge >= 0.3 is 6.18 Å². The molecule has 0 aromatic carbocycles. The molecular weight excluding hydrogens is 197 g/mol. The zero-order chi connectivity index (χ0) is 10.9. The van der Waals surface area contributed by atoms with Gasteiger partial charge in [0.25, 0.3) is 0 Å². The van der Waals surface area contributed by atoms with Crippen LogP contribution in [0, 0.1) is 6.92 Å². The summed E-state index contributed by atoms with van der Waals surface area (Å²) in [4.78, 5) is 11.1. The van der Waals surface area contributed by atoms with Gasteiger partial charge in [-0.25, -0.2) is 0 Å². The summed E-state index contributed by atoms with van der Waals surface area (Å²) in [5.41, 5.74) is -1.52. The van der Waals surface area contributed by atoms with Crippen molar-refractivity contribution in [1.29, 1.82) is 0 Å². The summed E-state index contributed by atoms with van der Waals surface area (Å²) in [5.74, 6) is -0.780. The second-order valence-corrected chi connectivity index (χ2v) is 2.75. The topological polar surface area (TPSA) is 30.2 Å². The highest BCUT2D eigenvalue weighted by Crippen LogP contribution is 2.27. The zero-order valence-electron chi connectivity index (χ0n) is 7.31. The van der Waals surface area contributed by atoms with Crippen LogP contribution < -0.4 is 0 Å². The van der Waals surface area contributed by atoms with E-state index in [1.807, 2.05) is 0 Å². The molecule has 76 valence electrons. The number of carbonyl (C=O) groups is 1. The Morgan fingerprint density at radius 1 is 1.50 bits per heavy atom. The van der Waals surface area contributed by atoms with Crippen LogP contribution in [0.5, 0.6) is 0 Å². The zero-order valence-corrected chi connectivity index (χ0v) is 7.31. The van der Waals surface area contributed by atoms with Crippen LogP contribution in [0.2, 0.25) is 0 Å². The van der Waals surface area contributed by atoms with Crippen LogP contribution in [0.1, 0.15) is 16.1 Å². The minimum Gasteiger partial charge on any atom is -0.469 e. The number of allylic oxidation sites excluding steroid dienone is 1. The fourth-order valence-corrected chi connectivity index (χ4v) is 0.865. The second-order valence-electron chi connectivity index (χ2n) is 2.75. The Balaban J connectivity index is 2.92. The fraction of sp³-hybridized carbons (Fsp3) is 0.222. The van der Waals surface area contributed by atoms with E-state index in [4.69, 9.17) is 4.42 Å². The first-order valence-corrected chi connectivity index (χ1v) is 3.68. The van der Waals surface area contributed by atoms with Crippen LogP contribution in [0.3, 0.4) is 0 Å². The molecule has 0 radical (unpaired) electrons. The first-order chi connectivity index (χ1) is 6.32. The van der Waals surface area contributed by atoms with E-state index in [1.54, 1.807) is 0 Å². The highest BCUT2D eigenvalue weighted by molar-refractivity contribution is 6.08. The third-order valence-electron chi connectivity index (χ3n) is 1.61. The maximum absolute atomic E-state index is 12.0. The minimum absolute atomic E-state index is 0.134. The molecule has 0 spiro atoms. The molecule has 1 aromatic rings. The molecule has 0 unspecified atom stereocenters. The van der Waals surface area contributed by atoms with Gasteiger partial charge in [-0.05, 0) is 13.0 Å². The number of hydrogen-bond acceptors (Lipinski definition) is 2. The SMILES string of the molecule is C=C(C(=O)c1coc(C)c1)C(F)(F)F. The van der Waals surface area contributed by atoms with Gasteiger partial charge in [0.2, 0.25) is 5.78 Å². The molecule has 1 rings (SSSR count). The maximum atomic E-state index is 12.0. The van der Waals surface area contributed by atoms with Crippen LogP contribution in [0.4, 0.5) is 13.2 Å². The molecule has 0 saturated carbocycles. The Morgan fingerprint density at radius 3 is 2.43 bits per heavy atom. The standard InChI is InChI=1S/C9H7F3O2/c1-5-3-7(4-14-5)8(13)6(2)9(10,11)12/h3-4H,2H2,1H3. The minimum atomic E-state index is -4.69. The van der Waals surface area contributed by atoms with Crippen molar-refractivity contribution in [2.45, 2.75) is 13.1 Å². The van der Waals surface area contributed by atoms with Gasteiger partial charge in [-0.2, -0.15) is 13.2 Å². The average Bonchev–Trinajstić information content (AvgIpc) is 2.47. The molecule has 1 heterocycles. The average molecular weight is 204 g/mol. The summed E-state index contributed by atoms with van der Waals surface area (Å²) in [7, 11) is 0. The number of ketones is 1. The van der Waals surface area contributed by atoms with E-state index in [1.165, 1.54) is 13.0 Å². The summed E-state index contributed by atoms with van der Waals surface area (Å²) in [6.45, 7) is 4.23. The second kappa shape index (κ2) is 3.32. The molecule has 14 heavy (non-hydrogen) atoms. The van der Waals surface area contributed by atoms with Gasteiger partial charge in [0, 0.05) is 0 Å². The van der Waals surface area contributed by atoms with E-state index in [9.17, 15) is 18.0 Å². The van der Waals surface area contributed by atoms with Crippen molar-refractivity contribution in [2.24, 2.45) is 0 Å². The monoisotopic (exact) mass is 204 g/mol. The number of carbonyl (C=O) groups excluding carboxylic acids is 1. The van der Waals surface area contributed by atoms with E-state index in [0.717, 1.165) is 6.26 Å². The Morgan fingerprint density at radius 2 is 2.07 bits per heavy atom. The van der Waals surface area contributed by atoms with E-state index < -0.39 is 17.5 Å². The summed E-state index contributed by atoms with van der Waals surface area (Å²) >= 11 is 0. The van der Waals surface area contributed by atoms with E-state index >= 15 is 0 Å². The lowest BCUT2D eigenvalue weighted by Crippen LogP contribution is -2.18. The first kappa shape index (κ1) is 10.6. The normalized spacial score (nSPS) is 11.4. The molecule has 5 heteroatoms. The van der Waals surface area contributed by atoms with Crippen molar-refractivity contribution in [1.82, 2.24) is 0 Å². The van der Waals surface area contributed by atoms with Gasteiger partial charge in [0.05, 0.1) is 11.1 Å². The van der Waals surface area contributed by atoms with Gasteiger partial charge in [0.1, 0.15) is 12.0 Å². The van der Waals surface area contributed by atoms with E-state index in [2.05, 4.69) is 6.58 Å². The highest BCUT2D eigenvalue weighted by atomic mass is 19.4. The van der Waals surface area contributed by atoms with Crippen molar-refractivity contribution in [3.8, 4) is 0 Å². The van der Waals surface area contributed by atoms with Crippen LogP contribution in [0.15, 0.2) is 28.9 Å². The van der Waals surface area contributed by atoms with Crippen molar-refractivity contribution in [3.63, 3.8) is 0 Å². The van der Waals surface area contributed by atoms with Gasteiger partial charge in [0.15, 0.2) is 0 Å². The number of halogens is 3. The number of furan rings is 1. The number of hydrogen-bond donors (Lipinski definition) is 0. The van der Waals surface area contributed by atoms with Crippen molar-refractivity contribution >= 4 is 5.78 Å². The molecule has 0 aliphatic carbocycles. The smallest absolute Gasteiger partial charge is 0.419 e. The molecule has 0 aliphatic heterocycles. The molecule has 0 N–H and O–H groups in total. The summed E-state index contributed by atoms with van der Waals surface area (Å²) < 4.78 is 40.8. The Bertz CT molecular complexity index is 374. The van der Waals surface area contributed by atoms with E-state index in [0.29, 0.717) is 5.76 Å². The van der Waals surface area contributed by atoms with Crippen LogP contribution in [-0.2, 0) is 0 Å². The van der Waals surface area contributed by atoms with Crippen molar-refractivity contribution in [3.05, 3.63) is 35.8 Å². The van der Waals surface area contributed by atoms with Gasteiger partial charge in [-0.3, -0.25) is 4.79 Å².